The van der Waals surface area contributed by atoms with Crippen molar-refractivity contribution in [3.63, 3.8) is 0 Å². The molecule has 2 aromatic rings. The highest BCUT2D eigenvalue weighted by Crippen LogP contribution is 2.35. The highest BCUT2D eigenvalue weighted by molar-refractivity contribution is 5.65. The minimum atomic E-state index is -4.50. The summed E-state index contributed by atoms with van der Waals surface area (Å²) < 4.78 is 43.3. The lowest BCUT2D eigenvalue weighted by Gasteiger charge is -2.07. The number of nitrogens with one attached hydrogen (secondary N) is 1. The molecule has 0 saturated carbocycles. The summed E-state index contributed by atoms with van der Waals surface area (Å²) in [5, 5.41) is 5.72. The van der Waals surface area contributed by atoms with Gasteiger partial charge in [0.2, 0.25) is 0 Å². The lowest BCUT2D eigenvalue weighted by atomic mass is 10.1. The zero-order valence-electron chi connectivity index (χ0n) is 10.1. The van der Waals surface area contributed by atoms with Crippen LogP contribution < -0.4 is 10.5 Å². The van der Waals surface area contributed by atoms with E-state index in [4.69, 9.17) is 10.5 Å². The predicted octanol–water partition coefficient (Wildman–Crippen LogP) is 2.56. The Morgan fingerprint density at radius 2 is 2.11 bits per heavy atom. The molecule has 0 aliphatic heterocycles. The smallest absolute Gasteiger partial charge is 0.433 e. The number of hydrogen-bond acceptors (Lipinski definition) is 3. The van der Waals surface area contributed by atoms with Gasteiger partial charge in [-0.25, -0.2) is 0 Å². The van der Waals surface area contributed by atoms with Gasteiger partial charge in [-0.2, -0.15) is 18.3 Å². The van der Waals surface area contributed by atoms with Gasteiger partial charge in [0.1, 0.15) is 11.4 Å². The van der Waals surface area contributed by atoms with Gasteiger partial charge in [0.25, 0.3) is 0 Å². The van der Waals surface area contributed by atoms with Crippen LogP contribution in [-0.2, 0) is 12.7 Å². The van der Waals surface area contributed by atoms with Crippen LogP contribution in [0.3, 0.4) is 0 Å². The number of alkyl halides is 3. The van der Waals surface area contributed by atoms with Crippen molar-refractivity contribution in [1.82, 2.24) is 10.2 Å². The highest BCUT2D eigenvalue weighted by Gasteiger charge is 2.36. The number of ether oxygens (including phenoxy) is 1. The van der Waals surface area contributed by atoms with Crippen LogP contribution in [0.5, 0.6) is 5.75 Å². The van der Waals surface area contributed by atoms with Crippen LogP contribution in [-0.4, -0.2) is 17.3 Å². The van der Waals surface area contributed by atoms with Gasteiger partial charge in [0.15, 0.2) is 0 Å². The maximum atomic E-state index is 12.8. The molecule has 0 fully saturated rings. The Balaban J connectivity index is 2.53. The van der Waals surface area contributed by atoms with E-state index in [-0.39, 0.29) is 17.8 Å². The second-order valence-electron chi connectivity index (χ2n) is 3.86. The molecule has 0 radical (unpaired) electrons. The maximum Gasteiger partial charge on any atom is 0.433 e. The number of H-pyrrole nitrogens is 1. The lowest BCUT2D eigenvalue weighted by Crippen LogP contribution is -2.11. The van der Waals surface area contributed by atoms with Crippen molar-refractivity contribution in [2.24, 2.45) is 5.73 Å². The lowest BCUT2D eigenvalue weighted by molar-refractivity contribution is -0.141. The first-order chi connectivity index (χ1) is 8.97. The molecule has 7 heteroatoms. The van der Waals surface area contributed by atoms with Crippen molar-refractivity contribution in [3.8, 4) is 17.0 Å². The van der Waals surface area contributed by atoms with E-state index in [9.17, 15) is 13.2 Å². The SMILES string of the molecule is COc1cccc(-c2n[nH]c(C(F)(F)F)c2CN)c1. The van der Waals surface area contributed by atoms with Crippen molar-refractivity contribution in [3.05, 3.63) is 35.5 Å². The van der Waals surface area contributed by atoms with E-state index in [1.165, 1.54) is 7.11 Å². The van der Waals surface area contributed by atoms with E-state index < -0.39 is 11.9 Å². The Bertz CT molecular complexity index is 578. The van der Waals surface area contributed by atoms with Crippen molar-refractivity contribution < 1.29 is 17.9 Å². The van der Waals surface area contributed by atoms with Crippen LogP contribution in [0.1, 0.15) is 11.3 Å². The predicted molar refractivity (Wildman–Crippen MR) is 63.5 cm³/mol. The molecular formula is C12H12F3N3O. The summed E-state index contributed by atoms with van der Waals surface area (Å²) in [5.74, 6) is 0.539. The minimum absolute atomic E-state index is 0.0549. The molecule has 1 aromatic heterocycles. The Morgan fingerprint density at radius 1 is 1.37 bits per heavy atom. The van der Waals surface area contributed by atoms with Crippen LogP contribution in [0, 0.1) is 0 Å². The van der Waals surface area contributed by atoms with Crippen molar-refractivity contribution >= 4 is 0 Å². The molecule has 0 aliphatic rings. The third kappa shape index (κ3) is 2.55. The van der Waals surface area contributed by atoms with E-state index in [0.29, 0.717) is 11.3 Å². The van der Waals surface area contributed by atoms with Gasteiger partial charge in [-0.3, -0.25) is 5.10 Å². The van der Waals surface area contributed by atoms with Crippen LogP contribution in [0.25, 0.3) is 11.3 Å². The third-order valence-electron chi connectivity index (χ3n) is 2.70. The first kappa shape index (κ1) is 13.4. The Morgan fingerprint density at radius 3 is 2.68 bits per heavy atom. The summed E-state index contributed by atoms with van der Waals surface area (Å²) in [6.45, 7) is -0.252. The molecule has 19 heavy (non-hydrogen) atoms. The number of aromatic amines is 1. The van der Waals surface area contributed by atoms with Gasteiger partial charge in [-0.05, 0) is 12.1 Å². The fraction of sp³-hybridized carbons (Fsp3) is 0.250. The van der Waals surface area contributed by atoms with Crippen LogP contribution in [0.2, 0.25) is 0 Å². The first-order valence-corrected chi connectivity index (χ1v) is 5.46. The molecule has 102 valence electrons. The largest absolute Gasteiger partial charge is 0.497 e. The monoisotopic (exact) mass is 271 g/mol. The van der Waals surface area contributed by atoms with Gasteiger partial charge in [0.05, 0.1) is 12.8 Å². The van der Waals surface area contributed by atoms with Crippen LogP contribution >= 0.6 is 0 Å². The number of nitrogens with two attached hydrogens (primary N) is 1. The molecular weight excluding hydrogens is 259 g/mol. The molecule has 0 unspecified atom stereocenters. The number of hydrogen-bond donors (Lipinski definition) is 2. The zero-order chi connectivity index (χ0) is 14.0. The molecule has 1 aromatic carbocycles. The number of benzene rings is 1. The number of aromatic nitrogens is 2. The summed E-state index contributed by atoms with van der Waals surface area (Å²) >= 11 is 0. The average Bonchev–Trinajstić information content (AvgIpc) is 2.82. The summed E-state index contributed by atoms with van der Waals surface area (Å²) in [4.78, 5) is 0. The topological polar surface area (TPSA) is 63.9 Å². The molecule has 4 nitrogen and oxygen atoms in total. The summed E-state index contributed by atoms with van der Waals surface area (Å²) in [7, 11) is 1.48. The summed E-state index contributed by atoms with van der Waals surface area (Å²) in [5.41, 5.74) is 5.15. The summed E-state index contributed by atoms with van der Waals surface area (Å²) in [6, 6.07) is 6.63. The van der Waals surface area contributed by atoms with Crippen molar-refractivity contribution in [2.45, 2.75) is 12.7 Å². The maximum absolute atomic E-state index is 12.8. The number of nitrogens with zero attached hydrogens (tertiary/aromatic N) is 1. The van der Waals surface area contributed by atoms with Gasteiger partial charge in [-0.15, -0.1) is 0 Å². The van der Waals surface area contributed by atoms with Gasteiger partial charge < -0.3 is 10.5 Å². The van der Waals surface area contributed by atoms with E-state index in [0.717, 1.165) is 0 Å². The molecule has 0 spiro atoms. The van der Waals surface area contributed by atoms with E-state index in [1.807, 2.05) is 5.10 Å². The molecule has 2 rings (SSSR count). The minimum Gasteiger partial charge on any atom is -0.497 e. The number of methoxy groups -OCH3 is 1. The summed E-state index contributed by atoms with van der Waals surface area (Å²) in [6.07, 6.45) is -4.50. The van der Waals surface area contributed by atoms with Crippen molar-refractivity contribution in [1.29, 1.82) is 0 Å². The first-order valence-electron chi connectivity index (χ1n) is 5.46. The number of rotatable bonds is 3. The van der Waals surface area contributed by atoms with E-state index in [2.05, 4.69) is 5.10 Å². The molecule has 0 bridgehead atoms. The Hall–Kier alpha value is -2.02. The molecule has 0 amide bonds. The second kappa shape index (κ2) is 4.93. The quantitative estimate of drug-likeness (QED) is 0.901. The zero-order valence-corrected chi connectivity index (χ0v) is 10.1. The van der Waals surface area contributed by atoms with Crippen molar-refractivity contribution in [2.75, 3.05) is 7.11 Å². The molecule has 0 saturated heterocycles. The second-order valence-corrected chi connectivity index (χ2v) is 3.86. The average molecular weight is 271 g/mol. The standard InChI is InChI=1S/C12H12F3N3O/c1-19-8-4-2-3-7(5-8)10-9(6-16)11(18-17-10)12(13,14)15/h2-5H,6,16H2,1H3,(H,17,18). The van der Waals surface area contributed by atoms with Crippen LogP contribution in [0.15, 0.2) is 24.3 Å². The molecule has 0 atom stereocenters. The normalized spacial score (nSPS) is 11.6. The van der Waals surface area contributed by atoms with Gasteiger partial charge >= 0.3 is 6.18 Å². The number of halogens is 3. The van der Waals surface area contributed by atoms with Crippen LogP contribution in [0.4, 0.5) is 13.2 Å². The highest BCUT2D eigenvalue weighted by atomic mass is 19.4. The van der Waals surface area contributed by atoms with E-state index >= 15 is 0 Å². The molecule has 1 heterocycles. The van der Waals surface area contributed by atoms with E-state index in [1.54, 1.807) is 24.3 Å². The fourth-order valence-corrected chi connectivity index (χ4v) is 1.81. The third-order valence-corrected chi connectivity index (χ3v) is 2.70. The Labute approximate surface area is 107 Å². The van der Waals surface area contributed by atoms with Gasteiger partial charge in [0, 0.05) is 17.7 Å². The Kier molecular flexibility index (Phi) is 3.48. The van der Waals surface area contributed by atoms with Gasteiger partial charge in [-0.1, -0.05) is 12.1 Å². The molecule has 3 N–H and O–H groups in total. The molecule has 0 aliphatic carbocycles. The fourth-order valence-electron chi connectivity index (χ4n) is 1.81.